The van der Waals surface area contributed by atoms with E-state index in [4.69, 9.17) is 4.74 Å². The smallest absolute Gasteiger partial charge is 0.119 e. The fourth-order valence-electron chi connectivity index (χ4n) is 2.27. The minimum absolute atomic E-state index is 0.227. The quantitative estimate of drug-likeness (QED) is 0.825. The summed E-state index contributed by atoms with van der Waals surface area (Å²) in [6.45, 7) is 6.37. The molecule has 1 unspecified atom stereocenters. The van der Waals surface area contributed by atoms with Crippen LogP contribution < -0.4 is 10.1 Å². The fourth-order valence-corrected chi connectivity index (χ4v) is 2.50. The van der Waals surface area contributed by atoms with Crippen LogP contribution in [0.2, 0.25) is 0 Å². The molecule has 1 N–H and O–H groups in total. The Hall–Kier alpha value is -1.48. The lowest BCUT2D eigenvalue weighted by atomic mass is 10.1. The molecule has 0 spiro atoms. The van der Waals surface area contributed by atoms with E-state index in [1.165, 1.54) is 21.2 Å². The lowest BCUT2D eigenvalue weighted by molar-refractivity contribution is 0.414. The first-order chi connectivity index (χ1) is 9.51. The highest BCUT2D eigenvalue weighted by Gasteiger charge is 2.08. The first kappa shape index (κ1) is 14.9. The van der Waals surface area contributed by atoms with Gasteiger partial charge in [0, 0.05) is 16.2 Å². The molecule has 0 saturated heterocycles. The summed E-state index contributed by atoms with van der Waals surface area (Å²) in [7, 11) is 1.69. The van der Waals surface area contributed by atoms with E-state index < -0.39 is 0 Å². The van der Waals surface area contributed by atoms with Crippen molar-refractivity contribution in [3.8, 4) is 5.75 Å². The van der Waals surface area contributed by atoms with Crippen molar-refractivity contribution < 1.29 is 4.74 Å². The third-order valence-electron chi connectivity index (χ3n) is 3.41. The molecule has 0 fully saturated rings. The van der Waals surface area contributed by atoms with Crippen LogP contribution in [0.5, 0.6) is 5.75 Å². The van der Waals surface area contributed by atoms with Crippen molar-refractivity contribution in [3.05, 3.63) is 57.6 Å². The van der Waals surface area contributed by atoms with E-state index >= 15 is 0 Å². The van der Waals surface area contributed by atoms with Crippen LogP contribution in [-0.4, -0.2) is 7.11 Å². The predicted molar refractivity (Wildman–Crippen MR) is 88.6 cm³/mol. The maximum absolute atomic E-state index is 5.28. The molecule has 2 aromatic carbocycles. The Labute approximate surface area is 129 Å². The first-order valence-electron chi connectivity index (χ1n) is 6.68. The van der Waals surface area contributed by atoms with Crippen LogP contribution in [-0.2, 0) is 0 Å². The van der Waals surface area contributed by atoms with Crippen molar-refractivity contribution in [2.24, 2.45) is 0 Å². The Morgan fingerprint density at radius 3 is 2.35 bits per heavy atom. The summed E-state index contributed by atoms with van der Waals surface area (Å²) in [5, 5.41) is 3.54. The number of hydrogen-bond donors (Lipinski definition) is 1. The number of hydrogen-bond acceptors (Lipinski definition) is 2. The Morgan fingerprint density at radius 1 is 1.10 bits per heavy atom. The molecule has 0 bridgehead atoms. The van der Waals surface area contributed by atoms with E-state index in [1.807, 2.05) is 12.1 Å². The minimum Gasteiger partial charge on any atom is -0.497 e. The molecule has 0 aromatic heterocycles. The first-order valence-corrected chi connectivity index (χ1v) is 7.48. The van der Waals surface area contributed by atoms with Crippen LogP contribution >= 0.6 is 15.9 Å². The second-order valence-electron chi connectivity index (χ2n) is 5.07. The SMILES string of the molecule is COc1cccc(C(C)Nc2cc(C)c(Br)c(C)c2)c1. The van der Waals surface area contributed by atoms with E-state index in [1.54, 1.807) is 7.11 Å². The molecular weight excluding hydrogens is 314 g/mol. The zero-order valence-electron chi connectivity index (χ0n) is 12.3. The number of halogens is 1. The van der Waals surface area contributed by atoms with Crippen molar-refractivity contribution in [2.75, 3.05) is 12.4 Å². The van der Waals surface area contributed by atoms with Crippen LogP contribution in [0.3, 0.4) is 0 Å². The van der Waals surface area contributed by atoms with Gasteiger partial charge in [-0.05, 0) is 61.7 Å². The second-order valence-corrected chi connectivity index (χ2v) is 5.86. The van der Waals surface area contributed by atoms with Crippen LogP contribution in [0, 0.1) is 13.8 Å². The standard InChI is InChI=1S/C17H20BrNO/c1-11-8-15(9-12(2)17(11)18)19-13(3)14-6-5-7-16(10-14)20-4/h5-10,13,19H,1-4H3. The van der Waals surface area contributed by atoms with Crippen molar-refractivity contribution in [2.45, 2.75) is 26.8 Å². The normalized spacial score (nSPS) is 12.1. The summed E-state index contributed by atoms with van der Waals surface area (Å²) < 4.78 is 6.45. The largest absolute Gasteiger partial charge is 0.497 e. The second kappa shape index (κ2) is 6.31. The van der Waals surface area contributed by atoms with Gasteiger partial charge in [0.15, 0.2) is 0 Å². The Morgan fingerprint density at radius 2 is 1.75 bits per heavy atom. The van der Waals surface area contributed by atoms with Crippen molar-refractivity contribution in [3.63, 3.8) is 0 Å². The molecule has 2 nitrogen and oxygen atoms in total. The van der Waals surface area contributed by atoms with Gasteiger partial charge in [-0.3, -0.25) is 0 Å². The number of anilines is 1. The lowest BCUT2D eigenvalue weighted by Gasteiger charge is -2.18. The molecular formula is C17H20BrNO. The Balaban J connectivity index is 2.20. The fraction of sp³-hybridized carbons (Fsp3) is 0.294. The van der Waals surface area contributed by atoms with Gasteiger partial charge in [0.25, 0.3) is 0 Å². The molecule has 0 heterocycles. The number of aryl methyl sites for hydroxylation is 2. The molecule has 0 amide bonds. The van der Waals surface area contributed by atoms with Gasteiger partial charge < -0.3 is 10.1 Å². The van der Waals surface area contributed by atoms with Gasteiger partial charge in [-0.1, -0.05) is 28.1 Å². The molecule has 0 aliphatic heterocycles. The Bertz CT molecular complexity index is 587. The maximum Gasteiger partial charge on any atom is 0.119 e. The van der Waals surface area contributed by atoms with E-state index in [0.717, 1.165) is 11.4 Å². The average molecular weight is 334 g/mol. The minimum atomic E-state index is 0.227. The van der Waals surface area contributed by atoms with Gasteiger partial charge in [0.05, 0.1) is 7.11 Å². The number of nitrogens with one attached hydrogen (secondary N) is 1. The van der Waals surface area contributed by atoms with Crippen molar-refractivity contribution in [1.82, 2.24) is 0 Å². The molecule has 0 aliphatic rings. The zero-order chi connectivity index (χ0) is 14.7. The summed E-state index contributed by atoms with van der Waals surface area (Å²) in [6.07, 6.45) is 0. The van der Waals surface area contributed by atoms with E-state index in [9.17, 15) is 0 Å². The van der Waals surface area contributed by atoms with Gasteiger partial charge in [-0.25, -0.2) is 0 Å². The van der Waals surface area contributed by atoms with E-state index in [0.29, 0.717) is 0 Å². The highest BCUT2D eigenvalue weighted by molar-refractivity contribution is 9.10. The maximum atomic E-state index is 5.28. The van der Waals surface area contributed by atoms with Crippen LogP contribution in [0.4, 0.5) is 5.69 Å². The highest BCUT2D eigenvalue weighted by Crippen LogP contribution is 2.28. The number of ether oxygens (including phenoxy) is 1. The predicted octanol–water partition coefficient (Wildman–Crippen LogP) is 5.25. The van der Waals surface area contributed by atoms with Crippen LogP contribution in [0.25, 0.3) is 0 Å². The summed E-state index contributed by atoms with van der Waals surface area (Å²) in [5.74, 6) is 0.888. The zero-order valence-corrected chi connectivity index (χ0v) is 13.9. The van der Waals surface area contributed by atoms with Gasteiger partial charge in [-0.2, -0.15) is 0 Å². The van der Waals surface area contributed by atoms with Gasteiger partial charge in [0.1, 0.15) is 5.75 Å². The van der Waals surface area contributed by atoms with Gasteiger partial charge in [-0.15, -0.1) is 0 Å². The van der Waals surface area contributed by atoms with Gasteiger partial charge >= 0.3 is 0 Å². The molecule has 106 valence electrons. The van der Waals surface area contributed by atoms with Crippen molar-refractivity contribution >= 4 is 21.6 Å². The molecule has 0 aliphatic carbocycles. The number of methoxy groups -OCH3 is 1. The summed E-state index contributed by atoms with van der Waals surface area (Å²) in [5.41, 5.74) is 4.83. The van der Waals surface area contributed by atoms with Gasteiger partial charge in [0.2, 0.25) is 0 Å². The average Bonchev–Trinajstić information content (AvgIpc) is 2.44. The third kappa shape index (κ3) is 3.34. The van der Waals surface area contributed by atoms with Crippen LogP contribution in [0.1, 0.15) is 29.7 Å². The third-order valence-corrected chi connectivity index (χ3v) is 4.66. The topological polar surface area (TPSA) is 21.3 Å². The highest BCUT2D eigenvalue weighted by atomic mass is 79.9. The van der Waals surface area contributed by atoms with E-state index in [-0.39, 0.29) is 6.04 Å². The summed E-state index contributed by atoms with van der Waals surface area (Å²) in [4.78, 5) is 0. The summed E-state index contributed by atoms with van der Waals surface area (Å²) in [6, 6.07) is 12.7. The molecule has 2 rings (SSSR count). The molecule has 1 atom stereocenters. The van der Waals surface area contributed by atoms with Crippen molar-refractivity contribution in [1.29, 1.82) is 0 Å². The summed E-state index contributed by atoms with van der Waals surface area (Å²) >= 11 is 3.60. The monoisotopic (exact) mass is 333 g/mol. The molecule has 0 radical (unpaired) electrons. The molecule has 2 aromatic rings. The molecule has 0 saturated carbocycles. The number of rotatable bonds is 4. The van der Waals surface area contributed by atoms with Crippen LogP contribution in [0.15, 0.2) is 40.9 Å². The molecule has 3 heteroatoms. The Kier molecular flexibility index (Phi) is 4.71. The lowest BCUT2D eigenvalue weighted by Crippen LogP contribution is -2.07. The molecule has 20 heavy (non-hydrogen) atoms. The number of benzene rings is 2. The van der Waals surface area contributed by atoms with E-state index in [2.05, 4.69) is 66.3 Å².